The maximum Gasteiger partial charge on any atom is 0.255 e. The number of nitrogens with two attached hydrogens (primary N) is 1. The summed E-state index contributed by atoms with van der Waals surface area (Å²) in [7, 11) is 0. The number of hydrogen-bond acceptors (Lipinski definition) is 3. The van der Waals surface area contributed by atoms with Crippen LogP contribution >= 0.6 is 0 Å². The van der Waals surface area contributed by atoms with Crippen molar-refractivity contribution in [2.75, 3.05) is 11.9 Å². The molecule has 0 saturated heterocycles. The summed E-state index contributed by atoms with van der Waals surface area (Å²) in [5.41, 5.74) is 10.00. The van der Waals surface area contributed by atoms with E-state index >= 15 is 0 Å². The first-order valence-corrected chi connectivity index (χ1v) is 6.64. The van der Waals surface area contributed by atoms with E-state index in [0.717, 1.165) is 16.9 Å². The maximum absolute atomic E-state index is 12.2. The van der Waals surface area contributed by atoms with Crippen molar-refractivity contribution in [3.8, 4) is 0 Å². The number of aryl methyl sites for hydroxylation is 2. The van der Waals surface area contributed by atoms with Gasteiger partial charge in [-0.3, -0.25) is 9.78 Å². The largest absolute Gasteiger partial charge is 0.330 e. The fourth-order valence-corrected chi connectivity index (χ4v) is 2.05. The van der Waals surface area contributed by atoms with Crippen LogP contribution in [0.2, 0.25) is 0 Å². The van der Waals surface area contributed by atoms with Gasteiger partial charge in [0.15, 0.2) is 0 Å². The van der Waals surface area contributed by atoms with Crippen LogP contribution in [0.15, 0.2) is 36.5 Å². The van der Waals surface area contributed by atoms with Crippen LogP contribution in [0, 0.1) is 13.8 Å². The minimum absolute atomic E-state index is 0.127. The second kappa shape index (κ2) is 6.30. The number of pyridine rings is 1. The van der Waals surface area contributed by atoms with E-state index in [9.17, 15) is 4.79 Å². The van der Waals surface area contributed by atoms with Crippen LogP contribution < -0.4 is 11.1 Å². The molecule has 3 N–H and O–H groups in total. The number of carbonyl (C=O) groups excluding carboxylic acids is 1. The molecule has 0 aliphatic heterocycles. The highest BCUT2D eigenvalue weighted by Crippen LogP contribution is 2.17. The highest BCUT2D eigenvalue weighted by molar-refractivity contribution is 6.04. The Hall–Kier alpha value is -2.20. The van der Waals surface area contributed by atoms with E-state index in [2.05, 4.69) is 10.3 Å². The number of aromatic nitrogens is 1. The molecule has 0 fully saturated rings. The summed E-state index contributed by atoms with van der Waals surface area (Å²) < 4.78 is 0. The van der Waals surface area contributed by atoms with Crippen molar-refractivity contribution < 1.29 is 4.79 Å². The van der Waals surface area contributed by atoms with Crippen LogP contribution in [-0.4, -0.2) is 17.4 Å². The summed E-state index contributed by atoms with van der Waals surface area (Å²) in [5, 5.41) is 2.93. The van der Waals surface area contributed by atoms with E-state index in [1.54, 1.807) is 18.3 Å². The molecule has 4 heteroatoms. The van der Waals surface area contributed by atoms with Crippen LogP contribution in [0.5, 0.6) is 0 Å². The maximum atomic E-state index is 12.2. The van der Waals surface area contributed by atoms with E-state index < -0.39 is 0 Å². The fraction of sp³-hybridized carbons (Fsp3) is 0.250. The zero-order valence-electron chi connectivity index (χ0n) is 11.8. The van der Waals surface area contributed by atoms with Crippen LogP contribution in [0.3, 0.4) is 0 Å². The van der Waals surface area contributed by atoms with Crippen molar-refractivity contribution in [2.24, 2.45) is 5.73 Å². The molecule has 0 radical (unpaired) electrons. The van der Waals surface area contributed by atoms with Gasteiger partial charge in [-0.2, -0.15) is 0 Å². The van der Waals surface area contributed by atoms with Crippen molar-refractivity contribution in [2.45, 2.75) is 20.3 Å². The highest BCUT2D eigenvalue weighted by Gasteiger charge is 2.08. The summed E-state index contributed by atoms with van der Waals surface area (Å²) in [6.07, 6.45) is 2.31. The molecule has 2 aromatic rings. The Morgan fingerprint density at radius 2 is 2.05 bits per heavy atom. The predicted molar refractivity (Wildman–Crippen MR) is 80.9 cm³/mol. The molecule has 1 heterocycles. The molecule has 104 valence electrons. The zero-order chi connectivity index (χ0) is 14.5. The first kappa shape index (κ1) is 14.2. The molecule has 1 aromatic carbocycles. The number of nitrogens with zero attached hydrogens (tertiary/aromatic N) is 1. The minimum Gasteiger partial charge on any atom is -0.330 e. The third-order valence-electron chi connectivity index (χ3n) is 3.11. The Balaban J connectivity index is 2.17. The smallest absolute Gasteiger partial charge is 0.255 e. The summed E-state index contributed by atoms with van der Waals surface area (Å²) in [4.78, 5) is 16.4. The highest BCUT2D eigenvalue weighted by atomic mass is 16.1. The lowest BCUT2D eigenvalue weighted by atomic mass is 10.1. The van der Waals surface area contributed by atoms with E-state index in [1.807, 2.05) is 32.0 Å². The van der Waals surface area contributed by atoms with Gasteiger partial charge in [0.05, 0.1) is 0 Å². The Labute approximate surface area is 119 Å². The Morgan fingerprint density at radius 3 is 2.75 bits per heavy atom. The number of hydrogen-bond donors (Lipinski definition) is 2. The van der Waals surface area contributed by atoms with Gasteiger partial charge in [0.1, 0.15) is 0 Å². The molecule has 0 aliphatic rings. The standard InChI is InChI=1S/C16H19N3O/c1-11-3-4-15(12(2)9-11)19-16(20)13-6-8-18-14(10-13)5-7-17/h3-4,6,8-10H,5,7,17H2,1-2H3,(H,19,20). The number of amides is 1. The molecule has 0 saturated carbocycles. The molecule has 4 nitrogen and oxygen atoms in total. The number of rotatable bonds is 4. The lowest BCUT2D eigenvalue weighted by Crippen LogP contribution is -2.14. The van der Waals surface area contributed by atoms with Gasteiger partial charge in [0.25, 0.3) is 5.91 Å². The monoisotopic (exact) mass is 269 g/mol. The van der Waals surface area contributed by atoms with Crippen molar-refractivity contribution >= 4 is 11.6 Å². The molecular weight excluding hydrogens is 250 g/mol. The van der Waals surface area contributed by atoms with Gasteiger partial charge in [-0.1, -0.05) is 17.7 Å². The average Bonchev–Trinajstić information content (AvgIpc) is 2.42. The molecule has 2 rings (SSSR count). The number of benzene rings is 1. The predicted octanol–water partition coefficient (Wildman–Crippen LogP) is 2.45. The van der Waals surface area contributed by atoms with Gasteiger partial charge < -0.3 is 11.1 Å². The molecule has 20 heavy (non-hydrogen) atoms. The zero-order valence-corrected chi connectivity index (χ0v) is 11.8. The first-order valence-electron chi connectivity index (χ1n) is 6.64. The van der Waals surface area contributed by atoms with E-state index in [-0.39, 0.29) is 5.91 Å². The first-order chi connectivity index (χ1) is 9.60. The summed E-state index contributed by atoms with van der Waals surface area (Å²) in [6, 6.07) is 9.44. The van der Waals surface area contributed by atoms with Gasteiger partial charge in [-0.15, -0.1) is 0 Å². The molecule has 0 atom stereocenters. The van der Waals surface area contributed by atoms with Crippen molar-refractivity contribution in [1.82, 2.24) is 4.98 Å². The Kier molecular flexibility index (Phi) is 4.48. The lowest BCUT2D eigenvalue weighted by molar-refractivity contribution is 0.102. The van der Waals surface area contributed by atoms with Crippen LogP contribution in [0.25, 0.3) is 0 Å². The Morgan fingerprint density at radius 1 is 1.25 bits per heavy atom. The Bertz CT molecular complexity index is 623. The molecular formula is C16H19N3O. The van der Waals surface area contributed by atoms with Gasteiger partial charge in [-0.05, 0) is 44.2 Å². The van der Waals surface area contributed by atoms with Gasteiger partial charge in [0, 0.05) is 29.6 Å². The number of nitrogens with one attached hydrogen (secondary N) is 1. The molecule has 0 bridgehead atoms. The van der Waals surface area contributed by atoms with Gasteiger partial charge in [-0.25, -0.2) is 0 Å². The van der Waals surface area contributed by atoms with E-state index in [0.29, 0.717) is 18.5 Å². The fourth-order valence-electron chi connectivity index (χ4n) is 2.05. The van der Waals surface area contributed by atoms with Crippen LogP contribution in [0.1, 0.15) is 27.2 Å². The summed E-state index contributed by atoms with van der Waals surface area (Å²) >= 11 is 0. The minimum atomic E-state index is -0.127. The normalized spacial score (nSPS) is 10.3. The molecule has 0 aliphatic carbocycles. The van der Waals surface area contributed by atoms with Gasteiger partial charge in [0.2, 0.25) is 0 Å². The molecule has 1 aromatic heterocycles. The molecule has 1 amide bonds. The number of carbonyl (C=O) groups is 1. The summed E-state index contributed by atoms with van der Waals surface area (Å²) in [6.45, 7) is 4.53. The SMILES string of the molecule is Cc1ccc(NC(=O)c2ccnc(CCN)c2)c(C)c1. The van der Waals surface area contributed by atoms with E-state index in [4.69, 9.17) is 5.73 Å². The topological polar surface area (TPSA) is 68.0 Å². The van der Waals surface area contributed by atoms with Crippen molar-refractivity contribution in [3.63, 3.8) is 0 Å². The molecule has 0 spiro atoms. The number of anilines is 1. The lowest BCUT2D eigenvalue weighted by Gasteiger charge is -2.09. The quantitative estimate of drug-likeness (QED) is 0.895. The third-order valence-corrected chi connectivity index (χ3v) is 3.11. The van der Waals surface area contributed by atoms with Gasteiger partial charge >= 0.3 is 0 Å². The van der Waals surface area contributed by atoms with Crippen LogP contribution in [-0.2, 0) is 6.42 Å². The van der Waals surface area contributed by atoms with E-state index in [1.165, 1.54) is 5.56 Å². The van der Waals surface area contributed by atoms with Crippen LogP contribution in [0.4, 0.5) is 5.69 Å². The second-order valence-corrected chi connectivity index (χ2v) is 4.85. The average molecular weight is 269 g/mol. The van der Waals surface area contributed by atoms with Crippen molar-refractivity contribution in [3.05, 3.63) is 58.9 Å². The summed E-state index contributed by atoms with van der Waals surface area (Å²) in [5.74, 6) is -0.127. The van der Waals surface area contributed by atoms with Crippen molar-refractivity contribution in [1.29, 1.82) is 0 Å². The molecule has 0 unspecified atom stereocenters. The second-order valence-electron chi connectivity index (χ2n) is 4.85. The third kappa shape index (κ3) is 3.42.